The lowest BCUT2D eigenvalue weighted by Gasteiger charge is -2.42. The van der Waals surface area contributed by atoms with Crippen LogP contribution in [-0.4, -0.2) is 61.6 Å². The molecular formula is C18H33N3O4S. The number of hydrazine groups is 1. The summed E-state index contributed by atoms with van der Waals surface area (Å²) in [5, 5.41) is 3.97. The topological polar surface area (TPSA) is 86.8 Å². The van der Waals surface area contributed by atoms with Gasteiger partial charge in [0.25, 0.3) is 0 Å². The molecule has 2 aliphatic rings. The van der Waals surface area contributed by atoms with Gasteiger partial charge in [-0.15, -0.1) is 0 Å². The van der Waals surface area contributed by atoms with Crippen molar-refractivity contribution in [1.82, 2.24) is 14.7 Å². The van der Waals surface area contributed by atoms with Crippen LogP contribution in [0.4, 0.5) is 0 Å². The first-order chi connectivity index (χ1) is 12.1. The number of Topliss-reactive ketones (excluding diaryl/α,β-unsaturated/α-hetero) is 1. The summed E-state index contributed by atoms with van der Waals surface area (Å²) in [5.41, 5.74) is 0. The minimum absolute atomic E-state index is 0.0913. The van der Waals surface area contributed by atoms with E-state index in [0.29, 0.717) is 31.7 Å². The first-order valence-electron chi connectivity index (χ1n) is 9.70. The SMILES string of the molecule is CC(C)C(=O)NS(=O)(=O)C1CCN(N2CCC(C(=O)C(C)C)CC2)CC1. The number of sulfonamides is 1. The van der Waals surface area contributed by atoms with E-state index in [4.69, 9.17) is 0 Å². The van der Waals surface area contributed by atoms with Crippen molar-refractivity contribution in [2.45, 2.75) is 58.6 Å². The van der Waals surface area contributed by atoms with Crippen LogP contribution in [0, 0.1) is 17.8 Å². The van der Waals surface area contributed by atoms with Gasteiger partial charge in [-0.1, -0.05) is 27.7 Å². The molecule has 0 aromatic heterocycles. The second kappa shape index (κ2) is 8.80. The first kappa shape index (κ1) is 21.3. The van der Waals surface area contributed by atoms with Crippen LogP contribution in [0.2, 0.25) is 0 Å². The van der Waals surface area contributed by atoms with Crippen LogP contribution < -0.4 is 4.72 Å². The number of carbonyl (C=O) groups excluding carboxylic acids is 2. The van der Waals surface area contributed by atoms with Gasteiger partial charge in [-0.05, 0) is 25.7 Å². The monoisotopic (exact) mass is 387 g/mol. The summed E-state index contributed by atoms with van der Waals surface area (Å²) in [6.07, 6.45) is 2.79. The molecule has 7 nitrogen and oxygen atoms in total. The zero-order valence-corrected chi connectivity index (χ0v) is 17.2. The molecule has 2 aliphatic heterocycles. The lowest BCUT2D eigenvalue weighted by molar-refractivity contribution is -0.130. The Kier molecular flexibility index (Phi) is 7.21. The molecule has 0 aromatic rings. The molecule has 0 aromatic carbocycles. The lowest BCUT2D eigenvalue weighted by atomic mass is 9.87. The normalized spacial score (nSPS) is 22.1. The van der Waals surface area contributed by atoms with E-state index in [-0.39, 0.29) is 17.8 Å². The average Bonchev–Trinajstić information content (AvgIpc) is 2.60. The predicted octanol–water partition coefficient (Wildman–Crippen LogP) is 1.40. The van der Waals surface area contributed by atoms with E-state index in [9.17, 15) is 18.0 Å². The van der Waals surface area contributed by atoms with Gasteiger partial charge in [0, 0.05) is 43.9 Å². The van der Waals surface area contributed by atoms with Gasteiger partial charge in [0.1, 0.15) is 5.78 Å². The van der Waals surface area contributed by atoms with Gasteiger partial charge in [0.2, 0.25) is 15.9 Å². The molecule has 0 spiro atoms. The molecule has 0 atom stereocenters. The van der Waals surface area contributed by atoms with E-state index in [1.807, 2.05) is 13.8 Å². The average molecular weight is 388 g/mol. The summed E-state index contributed by atoms with van der Waals surface area (Å²) in [7, 11) is -3.60. The lowest BCUT2D eigenvalue weighted by Crippen LogP contribution is -2.53. The highest BCUT2D eigenvalue weighted by Gasteiger charge is 2.35. The molecule has 2 saturated heterocycles. The Bertz CT molecular complexity index is 602. The molecule has 2 fully saturated rings. The summed E-state index contributed by atoms with van der Waals surface area (Å²) in [5.74, 6) is -0.177. The van der Waals surface area contributed by atoms with E-state index in [1.165, 1.54) is 0 Å². The summed E-state index contributed by atoms with van der Waals surface area (Å²) in [6.45, 7) is 10.3. The van der Waals surface area contributed by atoms with Gasteiger partial charge >= 0.3 is 0 Å². The van der Waals surface area contributed by atoms with Crippen LogP contribution in [0.15, 0.2) is 0 Å². The number of piperidine rings is 2. The minimum atomic E-state index is -3.60. The summed E-state index contributed by atoms with van der Waals surface area (Å²) < 4.78 is 26.9. The fourth-order valence-corrected chi connectivity index (χ4v) is 5.20. The molecule has 1 amide bonds. The maximum atomic E-state index is 12.4. The maximum absolute atomic E-state index is 12.4. The number of hydrogen-bond donors (Lipinski definition) is 1. The van der Waals surface area contributed by atoms with Gasteiger partial charge in [-0.3, -0.25) is 14.3 Å². The second-order valence-electron chi connectivity index (χ2n) is 8.10. The first-order valence-corrected chi connectivity index (χ1v) is 11.3. The van der Waals surface area contributed by atoms with E-state index < -0.39 is 21.2 Å². The van der Waals surface area contributed by atoms with Gasteiger partial charge in [-0.2, -0.15) is 0 Å². The second-order valence-corrected chi connectivity index (χ2v) is 10.1. The molecule has 1 N–H and O–H groups in total. The van der Waals surface area contributed by atoms with Gasteiger partial charge < -0.3 is 0 Å². The molecule has 150 valence electrons. The van der Waals surface area contributed by atoms with Crippen molar-refractivity contribution < 1.29 is 18.0 Å². The number of amides is 1. The van der Waals surface area contributed by atoms with Gasteiger partial charge in [0.15, 0.2) is 0 Å². The van der Waals surface area contributed by atoms with E-state index in [0.717, 1.165) is 25.9 Å². The molecule has 26 heavy (non-hydrogen) atoms. The Morgan fingerprint density at radius 1 is 0.846 bits per heavy atom. The van der Waals surface area contributed by atoms with Crippen LogP contribution in [0.3, 0.4) is 0 Å². The quantitative estimate of drug-likeness (QED) is 0.741. The molecule has 2 heterocycles. The van der Waals surface area contributed by atoms with Crippen molar-refractivity contribution in [3.8, 4) is 0 Å². The van der Waals surface area contributed by atoms with E-state index >= 15 is 0 Å². The standard InChI is InChI=1S/C18H33N3O4S/c1-13(2)17(22)15-5-9-20(10-6-15)21-11-7-16(8-12-21)26(24,25)19-18(23)14(3)4/h13-16H,5-12H2,1-4H3,(H,19,23). The molecule has 0 unspecified atom stereocenters. The number of ketones is 1. The number of nitrogens with zero attached hydrogens (tertiary/aromatic N) is 2. The van der Waals surface area contributed by atoms with Gasteiger partial charge in [0.05, 0.1) is 5.25 Å². The van der Waals surface area contributed by atoms with Crippen LogP contribution in [-0.2, 0) is 19.6 Å². The van der Waals surface area contributed by atoms with Gasteiger partial charge in [-0.25, -0.2) is 18.4 Å². The van der Waals surface area contributed by atoms with Crippen molar-refractivity contribution in [2.24, 2.45) is 17.8 Å². The minimum Gasteiger partial charge on any atom is -0.299 e. The van der Waals surface area contributed by atoms with Crippen LogP contribution in [0.1, 0.15) is 53.4 Å². The number of nitrogens with one attached hydrogen (secondary N) is 1. The van der Waals surface area contributed by atoms with Crippen molar-refractivity contribution in [3.63, 3.8) is 0 Å². The molecule has 0 bridgehead atoms. The Morgan fingerprint density at radius 3 is 1.73 bits per heavy atom. The largest absolute Gasteiger partial charge is 0.299 e. The van der Waals surface area contributed by atoms with Crippen molar-refractivity contribution >= 4 is 21.7 Å². The van der Waals surface area contributed by atoms with Crippen LogP contribution in [0.25, 0.3) is 0 Å². The molecule has 0 saturated carbocycles. The fourth-order valence-electron chi connectivity index (χ4n) is 3.68. The highest BCUT2D eigenvalue weighted by molar-refractivity contribution is 7.90. The zero-order chi connectivity index (χ0) is 19.5. The molecule has 0 aliphatic carbocycles. The maximum Gasteiger partial charge on any atom is 0.237 e. The van der Waals surface area contributed by atoms with Crippen molar-refractivity contribution in [3.05, 3.63) is 0 Å². The number of hydrogen-bond acceptors (Lipinski definition) is 6. The third kappa shape index (κ3) is 5.27. The Labute approximate surface area is 157 Å². The molecular weight excluding hydrogens is 354 g/mol. The summed E-state index contributed by atoms with van der Waals surface area (Å²) >= 11 is 0. The third-order valence-corrected chi connectivity index (χ3v) is 7.30. The van der Waals surface area contributed by atoms with Crippen LogP contribution in [0.5, 0.6) is 0 Å². The smallest absolute Gasteiger partial charge is 0.237 e. The Balaban J connectivity index is 1.82. The van der Waals surface area contributed by atoms with Crippen molar-refractivity contribution in [2.75, 3.05) is 26.2 Å². The van der Waals surface area contributed by atoms with Crippen LogP contribution >= 0.6 is 0 Å². The summed E-state index contributed by atoms with van der Waals surface area (Å²) in [6, 6.07) is 0. The predicted molar refractivity (Wildman–Crippen MR) is 101 cm³/mol. The van der Waals surface area contributed by atoms with E-state index in [1.54, 1.807) is 13.8 Å². The van der Waals surface area contributed by atoms with E-state index in [2.05, 4.69) is 14.7 Å². The third-order valence-electron chi connectivity index (χ3n) is 5.47. The number of rotatable bonds is 6. The highest BCUT2D eigenvalue weighted by atomic mass is 32.2. The Morgan fingerprint density at radius 2 is 1.31 bits per heavy atom. The molecule has 2 rings (SSSR count). The number of carbonyl (C=O) groups is 2. The zero-order valence-electron chi connectivity index (χ0n) is 16.4. The fraction of sp³-hybridized carbons (Fsp3) is 0.889. The summed E-state index contributed by atoms with van der Waals surface area (Å²) in [4.78, 5) is 23.8. The molecule has 8 heteroatoms. The Hall–Kier alpha value is -0.990. The highest BCUT2D eigenvalue weighted by Crippen LogP contribution is 2.25. The van der Waals surface area contributed by atoms with Crippen molar-refractivity contribution in [1.29, 1.82) is 0 Å². The molecule has 0 radical (unpaired) electrons.